The van der Waals surface area contributed by atoms with Gasteiger partial charge in [0.05, 0.1) is 0 Å². The zero-order valence-electron chi connectivity index (χ0n) is 12.1. The Morgan fingerprint density at radius 2 is 1.94 bits per heavy atom. The summed E-state index contributed by atoms with van der Waals surface area (Å²) < 4.78 is 0. The lowest BCUT2D eigenvalue weighted by Crippen LogP contribution is -2.64. The third-order valence-corrected chi connectivity index (χ3v) is 7.62. The van der Waals surface area contributed by atoms with Crippen LogP contribution >= 0.6 is 0 Å². The van der Waals surface area contributed by atoms with E-state index in [0.29, 0.717) is 5.41 Å². The molecule has 0 radical (unpaired) electrons. The Hall–Kier alpha value is -0.0400. The number of nitrogens with two attached hydrogens (primary N) is 1. The maximum absolute atomic E-state index is 6.81. The van der Waals surface area contributed by atoms with Gasteiger partial charge in [0.15, 0.2) is 0 Å². The average molecular weight is 247 g/mol. The number of fused-ring (bicyclic) bond motifs is 2. The van der Waals surface area contributed by atoms with Crippen molar-refractivity contribution in [3.63, 3.8) is 0 Å². The molecule has 0 spiro atoms. The molecule has 18 heavy (non-hydrogen) atoms. The van der Waals surface area contributed by atoms with Gasteiger partial charge in [-0.1, -0.05) is 26.7 Å². The fourth-order valence-corrected chi connectivity index (χ4v) is 6.95. The van der Waals surface area contributed by atoms with Crippen LogP contribution in [0.2, 0.25) is 0 Å². The maximum atomic E-state index is 6.81. The Kier molecular flexibility index (Phi) is 2.31. The van der Waals surface area contributed by atoms with E-state index in [-0.39, 0.29) is 5.54 Å². The van der Waals surface area contributed by atoms with Gasteiger partial charge in [0.25, 0.3) is 0 Å². The normalized spacial score (nSPS) is 61.8. The highest BCUT2D eigenvalue weighted by atomic mass is 14.8. The first kappa shape index (κ1) is 11.8. The lowest BCUT2D eigenvalue weighted by atomic mass is 9.40. The molecule has 0 aromatic carbocycles. The predicted octanol–water partition coefficient (Wildman–Crippen LogP) is 3.97. The van der Waals surface area contributed by atoms with Crippen LogP contribution in [0.3, 0.4) is 0 Å². The molecule has 0 saturated heterocycles. The van der Waals surface area contributed by atoms with E-state index in [1.165, 1.54) is 44.9 Å². The van der Waals surface area contributed by atoms with Crippen molar-refractivity contribution in [2.24, 2.45) is 40.7 Å². The first-order valence-electron chi connectivity index (χ1n) is 8.33. The molecule has 1 heteroatoms. The van der Waals surface area contributed by atoms with Gasteiger partial charge in [-0.2, -0.15) is 0 Å². The van der Waals surface area contributed by atoms with Crippen LogP contribution in [-0.2, 0) is 0 Å². The van der Waals surface area contributed by atoms with Crippen LogP contribution in [0.15, 0.2) is 0 Å². The van der Waals surface area contributed by atoms with Crippen LogP contribution in [-0.4, -0.2) is 5.54 Å². The van der Waals surface area contributed by atoms with E-state index in [1.54, 1.807) is 6.42 Å². The summed E-state index contributed by atoms with van der Waals surface area (Å²) in [6.07, 6.45) is 11.5. The lowest BCUT2D eigenvalue weighted by molar-refractivity contribution is -0.152. The van der Waals surface area contributed by atoms with Gasteiger partial charge < -0.3 is 5.73 Å². The summed E-state index contributed by atoms with van der Waals surface area (Å²) in [5.74, 6) is 4.97. The molecule has 1 nitrogen and oxygen atoms in total. The summed E-state index contributed by atoms with van der Waals surface area (Å²) in [6, 6.07) is 0. The minimum atomic E-state index is 0.218. The molecular weight excluding hydrogens is 218 g/mol. The second-order valence-electron chi connectivity index (χ2n) is 8.50. The smallest absolute Gasteiger partial charge is 0.0162 e. The van der Waals surface area contributed by atoms with Gasteiger partial charge in [-0.15, -0.1) is 0 Å². The second kappa shape index (κ2) is 3.53. The van der Waals surface area contributed by atoms with Crippen LogP contribution in [0.4, 0.5) is 0 Å². The molecule has 0 aromatic rings. The van der Waals surface area contributed by atoms with Crippen LogP contribution < -0.4 is 5.73 Å². The van der Waals surface area contributed by atoms with Crippen molar-refractivity contribution in [1.82, 2.24) is 0 Å². The second-order valence-corrected chi connectivity index (χ2v) is 8.50. The Balaban J connectivity index is 1.79. The summed E-state index contributed by atoms with van der Waals surface area (Å²) in [5, 5.41) is 0. The van der Waals surface area contributed by atoms with Gasteiger partial charge in [-0.25, -0.2) is 0 Å². The molecule has 4 rings (SSSR count). The molecule has 0 aromatic heterocycles. The Labute approximate surface area is 112 Å². The number of hydrogen-bond acceptors (Lipinski definition) is 1. The molecule has 0 heterocycles. The van der Waals surface area contributed by atoms with Crippen molar-refractivity contribution in [2.45, 2.75) is 70.8 Å². The van der Waals surface area contributed by atoms with Crippen LogP contribution in [0, 0.1) is 35.0 Å². The third-order valence-electron chi connectivity index (χ3n) is 7.62. The molecule has 4 saturated carbocycles. The standard InChI is InChI=1S/C17H29N/c1-3-13-9-17(18)8-12-5-4-11-6-14(12)15(10-17)16(13,2)7-11/h11-15H,3-10,18H2,1-2H3. The maximum Gasteiger partial charge on any atom is 0.0162 e. The summed E-state index contributed by atoms with van der Waals surface area (Å²) in [6.45, 7) is 5.04. The van der Waals surface area contributed by atoms with E-state index < -0.39 is 0 Å². The average Bonchev–Trinajstić information content (AvgIpc) is 2.35. The van der Waals surface area contributed by atoms with E-state index in [4.69, 9.17) is 5.73 Å². The summed E-state index contributed by atoms with van der Waals surface area (Å²) in [7, 11) is 0. The van der Waals surface area contributed by atoms with Crippen LogP contribution in [0.25, 0.3) is 0 Å². The monoisotopic (exact) mass is 247 g/mol. The Bertz CT molecular complexity index is 361. The first-order valence-corrected chi connectivity index (χ1v) is 8.33. The Morgan fingerprint density at radius 3 is 2.72 bits per heavy atom. The van der Waals surface area contributed by atoms with E-state index in [1.807, 2.05) is 0 Å². The van der Waals surface area contributed by atoms with Gasteiger partial charge >= 0.3 is 0 Å². The molecule has 4 fully saturated rings. The molecule has 4 aliphatic carbocycles. The predicted molar refractivity (Wildman–Crippen MR) is 75.1 cm³/mol. The fraction of sp³-hybridized carbons (Fsp3) is 1.00. The molecular formula is C17H29N. The highest BCUT2D eigenvalue weighted by Gasteiger charge is 2.61. The molecule has 4 bridgehead atoms. The molecule has 7 atom stereocenters. The van der Waals surface area contributed by atoms with Crippen LogP contribution in [0.5, 0.6) is 0 Å². The third kappa shape index (κ3) is 1.38. The highest BCUT2D eigenvalue weighted by molar-refractivity contribution is 5.13. The molecule has 102 valence electrons. The fourth-order valence-electron chi connectivity index (χ4n) is 6.95. The van der Waals surface area contributed by atoms with Crippen molar-refractivity contribution in [1.29, 1.82) is 0 Å². The van der Waals surface area contributed by atoms with Gasteiger partial charge in [0, 0.05) is 5.54 Å². The van der Waals surface area contributed by atoms with Gasteiger partial charge in [0.2, 0.25) is 0 Å². The molecule has 0 aliphatic heterocycles. The van der Waals surface area contributed by atoms with Gasteiger partial charge in [-0.3, -0.25) is 0 Å². The van der Waals surface area contributed by atoms with E-state index in [0.717, 1.165) is 29.6 Å². The molecule has 4 aliphatic rings. The quantitative estimate of drug-likeness (QED) is 0.745. The molecule has 7 unspecified atom stereocenters. The number of rotatable bonds is 1. The summed E-state index contributed by atoms with van der Waals surface area (Å²) in [5.41, 5.74) is 7.67. The highest BCUT2D eigenvalue weighted by Crippen LogP contribution is 2.67. The van der Waals surface area contributed by atoms with E-state index in [9.17, 15) is 0 Å². The largest absolute Gasteiger partial charge is 0.325 e. The molecule has 0 amide bonds. The Morgan fingerprint density at radius 1 is 1.11 bits per heavy atom. The van der Waals surface area contributed by atoms with Crippen LogP contribution in [0.1, 0.15) is 65.2 Å². The molecule has 2 N–H and O–H groups in total. The summed E-state index contributed by atoms with van der Waals surface area (Å²) >= 11 is 0. The van der Waals surface area contributed by atoms with E-state index >= 15 is 0 Å². The van der Waals surface area contributed by atoms with E-state index in [2.05, 4.69) is 13.8 Å². The summed E-state index contributed by atoms with van der Waals surface area (Å²) in [4.78, 5) is 0. The topological polar surface area (TPSA) is 26.0 Å². The number of hydrogen-bond donors (Lipinski definition) is 1. The zero-order chi connectivity index (χ0) is 12.5. The van der Waals surface area contributed by atoms with Crippen molar-refractivity contribution in [2.75, 3.05) is 0 Å². The lowest BCUT2D eigenvalue weighted by Gasteiger charge is -2.66. The minimum Gasteiger partial charge on any atom is -0.325 e. The van der Waals surface area contributed by atoms with Crippen molar-refractivity contribution >= 4 is 0 Å². The van der Waals surface area contributed by atoms with Crippen molar-refractivity contribution in [3.05, 3.63) is 0 Å². The van der Waals surface area contributed by atoms with Gasteiger partial charge in [0.1, 0.15) is 0 Å². The van der Waals surface area contributed by atoms with Crippen molar-refractivity contribution in [3.8, 4) is 0 Å². The first-order chi connectivity index (χ1) is 8.54. The minimum absolute atomic E-state index is 0.218. The zero-order valence-corrected chi connectivity index (χ0v) is 12.1. The van der Waals surface area contributed by atoms with Gasteiger partial charge in [-0.05, 0) is 73.5 Å². The van der Waals surface area contributed by atoms with Crippen molar-refractivity contribution < 1.29 is 0 Å². The SMILES string of the molecule is CCC1CC2(N)CC3CCC4CC3C(C2)C1(C)C4.